The van der Waals surface area contributed by atoms with Gasteiger partial charge in [-0.05, 0) is 45.0 Å². The summed E-state index contributed by atoms with van der Waals surface area (Å²) in [7, 11) is 0. The number of fused-ring (bicyclic) bond motifs is 1. The first kappa shape index (κ1) is 14.6. The number of halogens is 1. The molecule has 2 heterocycles. The van der Waals surface area contributed by atoms with E-state index >= 15 is 0 Å². The summed E-state index contributed by atoms with van der Waals surface area (Å²) in [6, 6.07) is 13.0. The molecule has 3 rings (SSSR count). The van der Waals surface area contributed by atoms with E-state index in [2.05, 4.69) is 48.7 Å². The van der Waals surface area contributed by atoms with Gasteiger partial charge < -0.3 is 4.57 Å². The quantitative estimate of drug-likeness (QED) is 0.580. The average Bonchev–Trinajstić information content (AvgIpc) is 3.02. The number of thiophene rings is 1. The number of hydrogen-bond acceptors (Lipinski definition) is 2. The minimum atomic E-state index is -0.0927. The summed E-state index contributed by atoms with van der Waals surface area (Å²) in [6.45, 7) is 6.38. The molecule has 2 nitrogen and oxygen atoms in total. The summed E-state index contributed by atoms with van der Waals surface area (Å²) < 4.78 is 2.29. The average molecular weight is 319 g/mol. The van der Waals surface area contributed by atoms with Crippen LogP contribution in [0.2, 0.25) is 0 Å². The maximum atomic E-state index is 6.35. The number of nitrogens with zero attached hydrogens (tertiary/aromatic N) is 2. The monoisotopic (exact) mass is 318 g/mol. The molecule has 0 radical (unpaired) electrons. The number of aromatic nitrogens is 2. The Morgan fingerprint density at radius 2 is 1.95 bits per heavy atom. The topological polar surface area (TPSA) is 17.8 Å². The smallest absolute Gasteiger partial charge is 0.127 e. The van der Waals surface area contributed by atoms with Crippen molar-refractivity contribution < 1.29 is 0 Å². The number of para-hydroxylation sites is 2. The summed E-state index contributed by atoms with van der Waals surface area (Å²) in [5, 5.41) is -0.0927. The summed E-state index contributed by atoms with van der Waals surface area (Å²) in [5.41, 5.74) is 2.19. The molecule has 0 fully saturated rings. The standard InChI is InChI=1S/C17H19ClN2S/c1-11(10-14-9-8-12(2)21-14)20-16-7-5-4-6-15(16)19-17(20)13(3)18/h4-9,11,13H,10H2,1-3H3. The van der Waals surface area contributed by atoms with Crippen molar-refractivity contribution in [2.45, 2.75) is 38.6 Å². The first-order valence-electron chi connectivity index (χ1n) is 7.22. The summed E-state index contributed by atoms with van der Waals surface area (Å²) in [4.78, 5) is 7.48. The largest absolute Gasteiger partial charge is 0.324 e. The highest BCUT2D eigenvalue weighted by atomic mass is 35.5. The van der Waals surface area contributed by atoms with E-state index in [0.29, 0.717) is 6.04 Å². The highest BCUT2D eigenvalue weighted by Crippen LogP contribution is 2.30. The van der Waals surface area contributed by atoms with Crippen molar-refractivity contribution in [1.29, 1.82) is 0 Å². The molecule has 0 amide bonds. The number of aryl methyl sites for hydroxylation is 1. The lowest BCUT2D eigenvalue weighted by atomic mass is 10.2. The zero-order valence-electron chi connectivity index (χ0n) is 12.5. The van der Waals surface area contributed by atoms with E-state index in [1.165, 1.54) is 15.3 Å². The molecule has 110 valence electrons. The van der Waals surface area contributed by atoms with E-state index in [4.69, 9.17) is 16.6 Å². The minimum absolute atomic E-state index is 0.0927. The van der Waals surface area contributed by atoms with Gasteiger partial charge in [0, 0.05) is 22.2 Å². The second-order valence-electron chi connectivity index (χ2n) is 5.51. The lowest BCUT2D eigenvalue weighted by Gasteiger charge is -2.18. The van der Waals surface area contributed by atoms with Crippen LogP contribution in [0.5, 0.6) is 0 Å². The zero-order valence-corrected chi connectivity index (χ0v) is 14.1. The Labute approximate surface area is 134 Å². The number of hydrogen-bond donors (Lipinski definition) is 0. The van der Waals surface area contributed by atoms with E-state index in [-0.39, 0.29) is 5.38 Å². The summed E-state index contributed by atoms with van der Waals surface area (Å²) >= 11 is 8.22. The number of imidazole rings is 1. The van der Waals surface area contributed by atoms with Crippen molar-refractivity contribution in [2.75, 3.05) is 0 Å². The maximum Gasteiger partial charge on any atom is 0.127 e. The Kier molecular flexibility index (Phi) is 4.05. The van der Waals surface area contributed by atoms with Crippen LogP contribution in [0.3, 0.4) is 0 Å². The van der Waals surface area contributed by atoms with Crippen LogP contribution >= 0.6 is 22.9 Å². The highest BCUT2D eigenvalue weighted by Gasteiger charge is 2.19. The predicted octanol–water partition coefficient (Wildman–Crippen LogP) is 5.51. The van der Waals surface area contributed by atoms with Crippen LogP contribution in [-0.4, -0.2) is 9.55 Å². The molecule has 4 heteroatoms. The molecule has 1 aromatic carbocycles. The van der Waals surface area contributed by atoms with Crippen LogP contribution in [0, 0.1) is 6.92 Å². The SMILES string of the molecule is Cc1ccc(CC(C)n2c(C(C)Cl)nc3ccccc32)s1. The van der Waals surface area contributed by atoms with Crippen LogP contribution in [-0.2, 0) is 6.42 Å². The summed E-state index contributed by atoms with van der Waals surface area (Å²) in [6.07, 6.45) is 1.01. The zero-order chi connectivity index (χ0) is 15.0. The highest BCUT2D eigenvalue weighted by molar-refractivity contribution is 7.11. The molecule has 0 saturated carbocycles. The van der Waals surface area contributed by atoms with Gasteiger partial charge in [-0.3, -0.25) is 0 Å². The van der Waals surface area contributed by atoms with Gasteiger partial charge in [0.15, 0.2) is 0 Å². The van der Waals surface area contributed by atoms with Gasteiger partial charge in [-0.25, -0.2) is 4.98 Å². The molecule has 2 atom stereocenters. The van der Waals surface area contributed by atoms with Crippen molar-refractivity contribution in [2.24, 2.45) is 0 Å². The van der Waals surface area contributed by atoms with E-state index < -0.39 is 0 Å². The molecule has 21 heavy (non-hydrogen) atoms. The number of alkyl halides is 1. The van der Waals surface area contributed by atoms with Crippen LogP contribution in [0.15, 0.2) is 36.4 Å². The molecule has 0 spiro atoms. The first-order valence-corrected chi connectivity index (χ1v) is 8.48. The maximum absolute atomic E-state index is 6.35. The molecular weight excluding hydrogens is 300 g/mol. The molecule has 0 aliphatic rings. The van der Waals surface area contributed by atoms with E-state index in [1.807, 2.05) is 24.3 Å². The molecule has 0 aliphatic heterocycles. The minimum Gasteiger partial charge on any atom is -0.324 e. The second kappa shape index (κ2) is 5.82. The molecule has 0 N–H and O–H groups in total. The Morgan fingerprint density at radius 3 is 2.62 bits per heavy atom. The second-order valence-corrected chi connectivity index (χ2v) is 7.54. The normalized spacial score (nSPS) is 14.5. The van der Waals surface area contributed by atoms with Gasteiger partial charge in [0.25, 0.3) is 0 Å². The Balaban J connectivity index is 2.03. The Bertz CT molecular complexity index is 757. The van der Waals surface area contributed by atoms with Crippen molar-refractivity contribution in [3.63, 3.8) is 0 Å². The van der Waals surface area contributed by atoms with Gasteiger partial charge in [-0.15, -0.1) is 22.9 Å². The summed E-state index contributed by atoms with van der Waals surface area (Å²) in [5.74, 6) is 0.957. The Hall–Kier alpha value is -1.32. The van der Waals surface area contributed by atoms with Gasteiger partial charge in [0.05, 0.1) is 16.4 Å². The molecule has 0 bridgehead atoms. The van der Waals surface area contributed by atoms with Crippen molar-refractivity contribution in [3.05, 3.63) is 52.0 Å². The van der Waals surface area contributed by atoms with Gasteiger partial charge in [-0.1, -0.05) is 12.1 Å². The van der Waals surface area contributed by atoms with Gasteiger partial charge in [0.1, 0.15) is 5.82 Å². The predicted molar refractivity (Wildman–Crippen MR) is 91.5 cm³/mol. The third-order valence-corrected chi connectivity index (χ3v) is 4.93. The van der Waals surface area contributed by atoms with Gasteiger partial charge in [-0.2, -0.15) is 0 Å². The number of benzene rings is 1. The van der Waals surface area contributed by atoms with Crippen molar-refractivity contribution in [3.8, 4) is 0 Å². The van der Waals surface area contributed by atoms with Crippen LogP contribution in [0.25, 0.3) is 11.0 Å². The fourth-order valence-corrected chi connectivity index (χ4v) is 3.95. The lowest BCUT2D eigenvalue weighted by molar-refractivity contribution is 0.538. The fourth-order valence-electron chi connectivity index (χ4n) is 2.78. The van der Waals surface area contributed by atoms with Crippen molar-refractivity contribution in [1.82, 2.24) is 9.55 Å². The Morgan fingerprint density at radius 1 is 1.19 bits per heavy atom. The third kappa shape index (κ3) is 2.85. The number of rotatable bonds is 4. The van der Waals surface area contributed by atoms with Crippen LogP contribution in [0.1, 0.15) is 40.8 Å². The lowest BCUT2D eigenvalue weighted by Crippen LogP contribution is -2.11. The van der Waals surface area contributed by atoms with E-state index in [1.54, 1.807) is 0 Å². The molecule has 0 saturated heterocycles. The molecular formula is C17H19ClN2S. The third-order valence-electron chi connectivity index (χ3n) is 3.71. The van der Waals surface area contributed by atoms with Crippen LogP contribution in [0.4, 0.5) is 0 Å². The van der Waals surface area contributed by atoms with Crippen molar-refractivity contribution >= 4 is 34.0 Å². The fraction of sp³-hybridized carbons (Fsp3) is 0.353. The molecule has 2 unspecified atom stereocenters. The first-order chi connectivity index (χ1) is 10.1. The van der Waals surface area contributed by atoms with Gasteiger partial charge in [0.2, 0.25) is 0 Å². The van der Waals surface area contributed by atoms with Crippen LogP contribution < -0.4 is 0 Å². The molecule has 0 aliphatic carbocycles. The van der Waals surface area contributed by atoms with E-state index in [9.17, 15) is 0 Å². The van der Waals surface area contributed by atoms with Gasteiger partial charge >= 0.3 is 0 Å². The molecule has 3 aromatic rings. The molecule has 2 aromatic heterocycles. The van der Waals surface area contributed by atoms with E-state index in [0.717, 1.165) is 17.8 Å².